The number of aliphatic carboxylic acids is 1. The maximum absolute atomic E-state index is 14.9. The van der Waals surface area contributed by atoms with E-state index in [0.717, 1.165) is 6.07 Å². The second-order valence-electron chi connectivity index (χ2n) is 6.89. The lowest BCUT2D eigenvalue weighted by Gasteiger charge is -2.13. The summed E-state index contributed by atoms with van der Waals surface area (Å²) in [7, 11) is 0. The molecule has 31 heavy (non-hydrogen) atoms. The Kier molecular flexibility index (Phi) is 6.24. The highest BCUT2D eigenvalue weighted by Gasteiger charge is 2.29. The summed E-state index contributed by atoms with van der Waals surface area (Å²) in [6.45, 7) is 2.37. The van der Waals surface area contributed by atoms with E-state index < -0.39 is 41.8 Å². The number of halogens is 3. The van der Waals surface area contributed by atoms with Crippen molar-refractivity contribution in [3.63, 3.8) is 0 Å². The van der Waals surface area contributed by atoms with Crippen LogP contribution in [-0.4, -0.2) is 39.1 Å². The van der Waals surface area contributed by atoms with Crippen molar-refractivity contribution < 1.29 is 29.0 Å². The van der Waals surface area contributed by atoms with E-state index in [2.05, 4.69) is 5.32 Å². The number of rotatable bonds is 5. The number of phenolic OH excluding ortho intramolecular Hbond substituents is 1. The van der Waals surface area contributed by atoms with Crippen molar-refractivity contribution in [2.24, 2.45) is 0 Å². The van der Waals surface area contributed by atoms with Crippen LogP contribution in [0.3, 0.4) is 0 Å². The van der Waals surface area contributed by atoms with E-state index in [1.165, 1.54) is 42.7 Å². The van der Waals surface area contributed by atoms with Gasteiger partial charge < -0.3 is 15.5 Å². The lowest BCUT2D eigenvalue weighted by molar-refractivity contribution is -0.138. The van der Waals surface area contributed by atoms with Gasteiger partial charge in [-0.15, -0.1) is 0 Å². The van der Waals surface area contributed by atoms with Gasteiger partial charge >= 0.3 is 5.97 Å². The summed E-state index contributed by atoms with van der Waals surface area (Å²) in [5, 5.41) is 21.2. The van der Waals surface area contributed by atoms with Gasteiger partial charge in [0.2, 0.25) is 5.91 Å². The number of aromatic nitrogens is 1. The smallest absolute Gasteiger partial charge is 0.322 e. The summed E-state index contributed by atoms with van der Waals surface area (Å²) in [4.78, 5) is 36.5. The fraction of sp³-hybridized carbons (Fsp3) is 0.190. The van der Waals surface area contributed by atoms with Crippen molar-refractivity contribution in [3.8, 4) is 5.75 Å². The molecule has 3 aromatic rings. The first kappa shape index (κ1) is 22.6. The number of amides is 1. The van der Waals surface area contributed by atoms with Crippen molar-refractivity contribution >= 4 is 51.9 Å². The number of aromatic hydroxyl groups is 1. The topological polar surface area (TPSA) is 109 Å². The SMILES string of the molecule is Cc1c(C(C)C(=O)NCC(=O)O)c2c(F)c(O)ccc2n1C(=O)c1ccc(Cl)c(Cl)c1. The third-order valence-corrected chi connectivity index (χ3v) is 5.68. The van der Waals surface area contributed by atoms with E-state index in [-0.39, 0.29) is 37.8 Å². The van der Waals surface area contributed by atoms with E-state index in [0.29, 0.717) is 0 Å². The second-order valence-corrected chi connectivity index (χ2v) is 7.71. The number of carboxylic acids is 1. The molecule has 0 saturated carbocycles. The molecule has 1 amide bonds. The summed E-state index contributed by atoms with van der Waals surface area (Å²) in [6.07, 6.45) is 0. The van der Waals surface area contributed by atoms with Gasteiger partial charge in [-0.25, -0.2) is 4.39 Å². The van der Waals surface area contributed by atoms with E-state index in [4.69, 9.17) is 28.3 Å². The molecule has 0 spiro atoms. The van der Waals surface area contributed by atoms with Gasteiger partial charge in [-0.1, -0.05) is 23.2 Å². The maximum Gasteiger partial charge on any atom is 0.322 e. The van der Waals surface area contributed by atoms with Crippen molar-refractivity contribution in [2.75, 3.05) is 6.54 Å². The Morgan fingerprint density at radius 2 is 1.84 bits per heavy atom. The molecule has 0 radical (unpaired) electrons. The van der Waals surface area contributed by atoms with Crippen LogP contribution in [-0.2, 0) is 9.59 Å². The summed E-state index contributed by atoms with van der Waals surface area (Å²) in [6, 6.07) is 6.75. The lowest BCUT2D eigenvalue weighted by atomic mass is 9.96. The summed E-state index contributed by atoms with van der Waals surface area (Å²) in [5.41, 5.74) is 0.724. The second kappa shape index (κ2) is 8.56. The third kappa shape index (κ3) is 4.08. The molecule has 1 aromatic heterocycles. The van der Waals surface area contributed by atoms with Gasteiger partial charge in [-0.3, -0.25) is 19.0 Å². The molecule has 7 nitrogen and oxygen atoms in total. The molecule has 2 aromatic carbocycles. The van der Waals surface area contributed by atoms with Crippen LogP contribution in [0.15, 0.2) is 30.3 Å². The number of carbonyl (C=O) groups excluding carboxylic acids is 2. The average Bonchev–Trinajstić information content (AvgIpc) is 3.02. The first-order chi connectivity index (χ1) is 14.5. The monoisotopic (exact) mass is 466 g/mol. The number of nitrogens with zero attached hydrogens (tertiary/aromatic N) is 1. The molecule has 0 aliphatic heterocycles. The number of phenols is 1. The standard InChI is InChI=1S/C21H17Cl2FN2O5/c1-9(20(30)25-8-16(28)29)17-10(2)26(14-5-6-15(27)19(24)18(14)17)21(31)11-3-4-12(22)13(23)7-11/h3-7,9,27H,8H2,1-2H3,(H,25,30)(H,28,29). The van der Waals surface area contributed by atoms with Crippen molar-refractivity contribution in [3.05, 3.63) is 63.0 Å². The van der Waals surface area contributed by atoms with Crippen LogP contribution < -0.4 is 5.32 Å². The average molecular weight is 467 g/mol. The minimum Gasteiger partial charge on any atom is -0.505 e. The molecule has 3 N–H and O–H groups in total. The predicted octanol–water partition coefficient (Wildman–Crippen LogP) is 4.09. The zero-order valence-electron chi connectivity index (χ0n) is 16.4. The Hall–Kier alpha value is -3.10. The number of benzene rings is 2. The van der Waals surface area contributed by atoms with Gasteiger partial charge in [0.1, 0.15) is 6.54 Å². The molecule has 0 fully saturated rings. The molecular weight excluding hydrogens is 450 g/mol. The molecule has 0 saturated heterocycles. The number of hydrogen-bond acceptors (Lipinski definition) is 4. The molecule has 162 valence electrons. The van der Waals surface area contributed by atoms with E-state index in [9.17, 15) is 23.9 Å². The zero-order valence-corrected chi connectivity index (χ0v) is 17.9. The molecular formula is C21H17Cl2FN2O5. The molecule has 1 unspecified atom stereocenters. The van der Waals surface area contributed by atoms with E-state index >= 15 is 0 Å². The molecule has 1 atom stereocenters. The van der Waals surface area contributed by atoms with Crippen LogP contribution in [0, 0.1) is 12.7 Å². The number of nitrogens with one attached hydrogen (secondary N) is 1. The van der Waals surface area contributed by atoms with Gasteiger partial charge in [-0.05, 0) is 49.7 Å². The van der Waals surface area contributed by atoms with Gasteiger partial charge in [0, 0.05) is 16.6 Å². The largest absolute Gasteiger partial charge is 0.505 e. The normalized spacial score (nSPS) is 12.0. The van der Waals surface area contributed by atoms with Crippen LogP contribution in [0.5, 0.6) is 5.75 Å². The Bertz CT molecular complexity index is 1240. The molecule has 10 heteroatoms. The Balaban J connectivity index is 2.22. The molecule has 0 aliphatic carbocycles. The third-order valence-electron chi connectivity index (χ3n) is 4.94. The minimum absolute atomic E-state index is 0.108. The molecule has 1 heterocycles. The van der Waals surface area contributed by atoms with Gasteiger partial charge in [-0.2, -0.15) is 0 Å². The van der Waals surface area contributed by atoms with Crippen LogP contribution >= 0.6 is 23.2 Å². The molecule has 0 bridgehead atoms. The highest BCUT2D eigenvalue weighted by atomic mass is 35.5. The lowest BCUT2D eigenvalue weighted by Crippen LogP contribution is -2.32. The summed E-state index contributed by atoms with van der Waals surface area (Å²) < 4.78 is 16.1. The maximum atomic E-state index is 14.9. The quantitative estimate of drug-likeness (QED) is 0.524. The van der Waals surface area contributed by atoms with Gasteiger partial charge in [0.05, 0.1) is 21.5 Å². The van der Waals surface area contributed by atoms with Gasteiger partial charge in [0.25, 0.3) is 5.91 Å². The zero-order chi connectivity index (χ0) is 23.0. The number of carboxylic acid groups (broad SMARTS) is 1. The summed E-state index contributed by atoms with van der Waals surface area (Å²) in [5.74, 6) is -5.11. The Morgan fingerprint density at radius 1 is 1.16 bits per heavy atom. The van der Waals surface area contributed by atoms with Gasteiger partial charge in [0.15, 0.2) is 11.6 Å². The van der Waals surface area contributed by atoms with Crippen LogP contribution in [0.2, 0.25) is 10.0 Å². The fourth-order valence-electron chi connectivity index (χ4n) is 3.48. The Morgan fingerprint density at radius 3 is 2.45 bits per heavy atom. The summed E-state index contributed by atoms with van der Waals surface area (Å²) >= 11 is 11.9. The number of fused-ring (bicyclic) bond motifs is 1. The van der Waals surface area contributed by atoms with E-state index in [1.54, 1.807) is 0 Å². The van der Waals surface area contributed by atoms with Crippen LogP contribution in [0.4, 0.5) is 4.39 Å². The highest BCUT2D eigenvalue weighted by molar-refractivity contribution is 6.42. The number of carbonyl (C=O) groups is 3. The fourth-order valence-corrected chi connectivity index (χ4v) is 3.77. The van der Waals surface area contributed by atoms with Crippen molar-refractivity contribution in [2.45, 2.75) is 19.8 Å². The van der Waals surface area contributed by atoms with E-state index in [1.807, 2.05) is 0 Å². The highest BCUT2D eigenvalue weighted by Crippen LogP contribution is 2.37. The van der Waals surface area contributed by atoms with Crippen molar-refractivity contribution in [1.82, 2.24) is 9.88 Å². The van der Waals surface area contributed by atoms with Crippen molar-refractivity contribution in [1.29, 1.82) is 0 Å². The first-order valence-corrected chi connectivity index (χ1v) is 9.81. The minimum atomic E-state index is -1.24. The number of hydrogen-bond donors (Lipinski definition) is 3. The predicted molar refractivity (Wildman–Crippen MR) is 114 cm³/mol. The van der Waals surface area contributed by atoms with Crippen LogP contribution in [0.1, 0.15) is 34.5 Å². The Labute approximate surface area is 186 Å². The molecule has 3 rings (SSSR count). The van der Waals surface area contributed by atoms with Crippen LogP contribution in [0.25, 0.3) is 10.9 Å². The molecule has 0 aliphatic rings. The first-order valence-electron chi connectivity index (χ1n) is 9.06.